The molecule has 1 aromatic rings. The summed E-state index contributed by atoms with van der Waals surface area (Å²) in [5.74, 6) is 0. The molecule has 0 aliphatic heterocycles. The summed E-state index contributed by atoms with van der Waals surface area (Å²) < 4.78 is 22.6. The van der Waals surface area contributed by atoms with Crippen LogP contribution in [-0.2, 0) is 20.2 Å². The van der Waals surface area contributed by atoms with E-state index in [1.54, 1.807) is 0 Å². The molecule has 0 aliphatic carbocycles. The summed E-state index contributed by atoms with van der Waals surface area (Å²) >= 11 is 0. The predicted molar refractivity (Wildman–Crippen MR) is 65.7 cm³/mol. The first kappa shape index (κ1) is 13.4. The normalized spacial score (nSPS) is 14.7. The van der Waals surface area contributed by atoms with Gasteiger partial charge in [-0.3, -0.25) is 4.57 Å². The molecule has 1 aromatic carbocycles. The molecule has 0 N–H and O–H groups in total. The maximum Gasteiger partial charge on any atom is 0.330 e. The second-order valence-corrected chi connectivity index (χ2v) is 5.98. The van der Waals surface area contributed by atoms with Gasteiger partial charge in [-0.2, -0.15) is 0 Å². The molecule has 0 saturated carbocycles. The van der Waals surface area contributed by atoms with Crippen molar-refractivity contribution >= 4 is 7.60 Å². The molecule has 0 heterocycles. The Balaban J connectivity index is 2.59. The smallest absolute Gasteiger partial charge is 0.309 e. The zero-order chi connectivity index (χ0) is 12.0. The van der Waals surface area contributed by atoms with E-state index in [4.69, 9.17) is 9.05 Å². The summed E-state index contributed by atoms with van der Waals surface area (Å²) in [6.07, 6.45) is 0.409. The second-order valence-electron chi connectivity index (χ2n) is 3.61. The summed E-state index contributed by atoms with van der Waals surface area (Å²) in [5, 5.41) is 0. The van der Waals surface area contributed by atoms with Crippen LogP contribution in [0.4, 0.5) is 0 Å². The van der Waals surface area contributed by atoms with E-state index < -0.39 is 7.60 Å². The molecule has 3 nitrogen and oxygen atoms in total. The molecule has 0 spiro atoms. The Hall–Kier alpha value is -0.630. The number of benzene rings is 1. The van der Waals surface area contributed by atoms with Crippen LogP contribution in [0.15, 0.2) is 24.3 Å². The van der Waals surface area contributed by atoms with Crippen molar-refractivity contribution in [3.63, 3.8) is 0 Å². The zero-order valence-corrected chi connectivity index (χ0v) is 11.0. The number of hydrogen-bond acceptors (Lipinski definition) is 3. The Morgan fingerprint density at radius 3 is 2.56 bits per heavy atom. The molecule has 0 fully saturated rings. The van der Waals surface area contributed by atoms with Crippen molar-refractivity contribution in [2.75, 3.05) is 12.8 Å². The summed E-state index contributed by atoms with van der Waals surface area (Å²) in [4.78, 5) is 0. The fourth-order valence-electron chi connectivity index (χ4n) is 1.39. The molecule has 0 aromatic heterocycles. The van der Waals surface area contributed by atoms with Crippen LogP contribution in [0.25, 0.3) is 0 Å². The van der Waals surface area contributed by atoms with Gasteiger partial charge in [-0.05, 0) is 19.4 Å². The molecule has 4 heteroatoms. The molecule has 1 unspecified atom stereocenters. The van der Waals surface area contributed by atoms with E-state index in [0.29, 0.717) is 19.4 Å². The maximum atomic E-state index is 12.0. The van der Waals surface area contributed by atoms with Crippen molar-refractivity contribution in [3.05, 3.63) is 35.4 Å². The highest BCUT2D eigenvalue weighted by Gasteiger charge is 2.20. The van der Waals surface area contributed by atoms with Crippen LogP contribution >= 0.6 is 7.60 Å². The van der Waals surface area contributed by atoms with Crippen LogP contribution in [0.1, 0.15) is 25.0 Å². The predicted octanol–water partition coefficient (Wildman–Crippen LogP) is 3.76. The third-order valence-corrected chi connectivity index (χ3v) is 4.17. The fourth-order valence-corrected chi connectivity index (χ4v) is 2.57. The molecule has 1 rings (SSSR count). The molecule has 16 heavy (non-hydrogen) atoms. The standard InChI is InChI=1S/C12H19O3P/c1-4-14-16(13,5-2)15-10-12-8-6-7-11(3)9-12/h6-9H,4-5,10H2,1-3H3. The second kappa shape index (κ2) is 6.19. The van der Waals surface area contributed by atoms with E-state index in [1.165, 1.54) is 5.56 Å². The van der Waals surface area contributed by atoms with Gasteiger partial charge in [-0.15, -0.1) is 0 Å². The summed E-state index contributed by atoms with van der Waals surface area (Å²) in [7, 11) is -2.88. The van der Waals surface area contributed by atoms with Crippen molar-refractivity contribution in [1.29, 1.82) is 0 Å². The zero-order valence-electron chi connectivity index (χ0n) is 10.1. The average Bonchev–Trinajstić information content (AvgIpc) is 2.27. The van der Waals surface area contributed by atoms with Crippen LogP contribution in [0.3, 0.4) is 0 Å². The first-order chi connectivity index (χ1) is 7.59. The van der Waals surface area contributed by atoms with Gasteiger partial charge in [-0.25, -0.2) is 0 Å². The van der Waals surface area contributed by atoms with Gasteiger partial charge in [0, 0.05) is 6.16 Å². The van der Waals surface area contributed by atoms with E-state index in [-0.39, 0.29) is 0 Å². The monoisotopic (exact) mass is 242 g/mol. The molecule has 0 amide bonds. The van der Waals surface area contributed by atoms with Crippen LogP contribution in [0.5, 0.6) is 0 Å². The Morgan fingerprint density at radius 1 is 1.25 bits per heavy atom. The molecule has 90 valence electrons. The fraction of sp³-hybridized carbons (Fsp3) is 0.500. The van der Waals surface area contributed by atoms with E-state index >= 15 is 0 Å². The lowest BCUT2D eigenvalue weighted by Gasteiger charge is -2.16. The Morgan fingerprint density at radius 2 is 2.00 bits per heavy atom. The molecule has 0 aliphatic rings. The molecule has 0 saturated heterocycles. The Labute approximate surface area is 97.3 Å². The minimum Gasteiger partial charge on any atom is -0.309 e. The van der Waals surface area contributed by atoms with Gasteiger partial charge < -0.3 is 9.05 Å². The Bertz CT molecular complexity index is 376. The number of rotatable bonds is 6. The minimum absolute atomic E-state index is 0.340. The quantitative estimate of drug-likeness (QED) is 0.712. The van der Waals surface area contributed by atoms with Crippen molar-refractivity contribution in [3.8, 4) is 0 Å². The van der Waals surface area contributed by atoms with Gasteiger partial charge in [0.15, 0.2) is 0 Å². The van der Waals surface area contributed by atoms with E-state index in [2.05, 4.69) is 0 Å². The minimum atomic E-state index is -2.88. The lowest BCUT2D eigenvalue weighted by atomic mass is 10.1. The molecule has 1 atom stereocenters. The number of aryl methyl sites for hydroxylation is 1. The molecular formula is C12H19O3P. The van der Waals surface area contributed by atoms with Gasteiger partial charge >= 0.3 is 7.60 Å². The van der Waals surface area contributed by atoms with E-state index in [9.17, 15) is 4.57 Å². The highest BCUT2D eigenvalue weighted by Crippen LogP contribution is 2.48. The van der Waals surface area contributed by atoms with Crippen molar-refractivity contribution in [2.24, 2.45) is 0 Å². The van der Waals surface area contributed by atoms with Crippen LogP contribution in [-0.4, -0.2) is 12.8 Å². The first-order valence-corrected chi connectivity index (χ1v) is 7.26. The van der Waals surface area contributed by atoms with Gasteiger partial charge in [0.2, 0.25) is 0 Å². The largest absolute Gasteiger partial charge is 0.330 e. The summed E-state index contributed by atoms with van der Waals surface area (Å²) in [6, 6.07) is 7.96. The van der Waals surface area contributed by atoms with Gasteiger partial charge in [-0.1, -0.05) is 36.8 Å². The lowest BCUT2D eigenvalue weighted by molar-refractivity contribution is 0.205. The highest BCUT2D eigenvalue weighted by atomic mass is 31.2. The van der Waals surface area contributed by atoms with Crippen molar-refractivity contribution in [2.45, 2.75) is 27.4 Å². The van der Waals surface area contributed by atoms with Gasteiger partial charge in [0.25, 0.3) is 0 Å². The number of hydrogen-bond donors (Lipinski definition) is 0. The van der Waals surface area contributed by atoms with Crippen molar-refractivity contribution < 1.29 is 13.6 Å². The SMILES string of the molecule is CCOP(=O)(CC)OCc1cccc(C)c1. The summed E-state index contributed by atoms with van der Waals surface area (Å²) in [5.41, 5.74) is 2.19. The third-order valence-electron chi connectivity index (χ3n) is 2.22. The van der Waals surface area contributed by atoms with E-state index in [0.717, 1.165) is 5.56 Å². The first-order valence-electron chi connectivity index (χ1n) is 5.53. The molecule has 0 radical (unpaired) electrons. The van der Waals surface area contributed by atoms with E-state index in [1.807, 2.05) is 45.0 Å². The average molecular weight is 242 g/mol. The van der Waals surface area contributed by atoms with Crippen LogP contribution in [0, 0.1) is 6.92 Å². The van der Waals surface area contributed by atoms with Crippen molar-refractivity contribution in [1.82, 2.24) is 0 Å². The van der Waals surface area contributed by atoms with Gasteiger partial charge in [0.05, 0.1) is 13.2 Å². The third kappa shape index (κ3) is 4.09. The molecular weight excluding hydrogens is 223 g/mol. The molecule has 0 bridgehead atoms. The Kier molecular flexibility index (Phi) is 5.20. The topological polar surface area (TPSA) is 35.5 Å². The van der Waals surface area contributed by atoms with Crippen LogP contribution in [0.2, 0.25) is 0 Å². The highest BCUT2D eigenvalue weighted by molar-refractivity contribution is 7.53. The maximum absolute atomic E-state index is 12.0. The summed E-state index contributed by atoms with van der Waals surface area (Å²) in [6.45, 7) is 6.40. The van der Waals surface area contributed by atoms with Gasteiger partial charge in [0.1, 0.15) is 0 Å². The van der Waals surface area contributed by atoms with Crippen LogP contribution < -0.4 is 0 Å². The lowest BCUT2D eigenvalue weighted by Crippen LogP contribution is -1.98.